The molecule has 0 amide bonds. The van der Waals surface area contributed by atoms with E-state index in [4.69, 9.17) is 4.74 Å². The lowest BCUT2D eigenvalue weighted by molar-refractivity contribution is 0.0963. The van der Waals surface area contributed by atoms with Gasteiger partial charge in [-0.25, -0.2) is 13.2 Å². The summed E-state index contributed by atoms with van der Waals surface area (Å²) in [5, 5.41) is 9.79. The van der Waals surface area contributed by atoms with E-state index >= 15 is 0 Å². The average molecular weight is 485 g/mol. The highest BCUT2D eigenvalue weighted by atomic mass is 19.2. The highest BCUT2D eigenvalue weighted by Crippen LogP contribution is 2.40. The maximum Gasteiger partial charge on any atom is 0.166 e. The van der Waals surface area contributed by atoms with Gasteiger partial charge in [-0.05, 0) is 99.2 Å². The zero-order chi connectivity index (χ0) is 24.5. The maximum absolute atomic E-state index is 14.9. The largest absolute Gasteiger partial charge is 0.393 e. The van der Waals surface area contributed by atoms with Crippen molar-refractivity contribution < 1.29 is 23.0 Å². The van der Waals surface area contributed by atoms with Gasteiger partial charge in [-0.15, -0.1) is 0 Å². The molecule has 1 N–H and O–H groups in total. The molecule has 2 aromatic rings. The van der Waals surface area contributed by atoms with Crippen molar-refractivity contribution in [3.63, 3.8) is 0 Å². The number of rotatable bonds is 6. The van der Waals surface area contributed by atoms with Crippen molar-refractivity contribution in [2.75, 3.05) is 6.61 Å². The molecule has 5 heteroatoms. The molecule has 2 unspecified atom stereocenters. The number of hydrogen-bond donors (Lipinski definition) is 1. The Morgan fingerprint density at radius 2 is 1.51 bits per heavy atom. The van der Waals surface area contributed by atoms with Crippen LogP contribution >= 0.6 is 0 Å². The van der Waals surface area contributed by atoms with Gasteiger partial charge < -0.3 is 9.84 Å². The molecule has 188 valence electrons. The third-order valence-corrected chi connectivity index (χ3v) is 8.53. The Bertz CT molecular complexity index is 1060. The number of benzene rings is 2. The number of aliphatic hydroxyl groups excluding tert-OH is 1. The Morgan fingerprint density at radius 1 is 0.857 bits per heavy atom. The van der Waals surface area contributed by atoms with Crippen molar-refractivity contribution in [2.24, 2.45) is 11.8 Å². The number of aliphatic hydroxyl groups is 1. The molecule has 3 fully saturated rings. The van der Waals surface area contributed by atoms with Crippen molar-refractivity contribution in [3.8, 4) is 0 Å². The molecule has 0 radical (unpaired) electrons. The molecule has 5 rings (SSSR count). The first-order valence-electron chi connectivity index (χ1n) is 13.2. The second-order valence-corrected chi connectivity index (χ2v) is 10.8. The summed E-state index contributed by atoms with van der Waals surface area (Å²) in [6, 6.07) is 8.98. The van der Waals surface area contributed by atoms with Gasteiger partial charge >= 0.3 is 0 Å². The molecule has 1 aliphatic heterocycles. The molecule has 2 nitrogen and oxygen atoms in total. The summed E-state index contributed by atoms with van der Waals surface area (Å²) in [7, 11) is 0. The van der Waals surface area contributed by atoms with Gasteiger partial charge in [0.05, 0.1) is 12.7 Å². The van der Waals surface area contributed by atoms with Crippen LogP contribution in [0.15, 0.2) is 36.4 Å². The van der Waals surface area contributed by atoms with E-state index in [2.05, 4.69) is 0 Å². The van der Waals surface area contributed by atoms with Crippen LogP contribution in [0, 0.1) is 29.3 Å². The molecular formula is C30H35F3O2. The molecule has 2 saturated carbocycles. The van der Waals surface area contributed by atoms with Gasteiger partial charge in [0.2, 0.25) is 0 Å². The van der Waals surface area contributed by atoms with Crippen LogP contribution in [0.5, 0.6) is 0 Å². The van der Waals surface area contributed by atoms with Gasteiger partial charge in [0.15, 0.2) is 11.6 Å². The van der Waals surface area contributed by atoms with Crippen molar-refractivity contribution in [2.45, 2.75) is 82.3 Å². The summed E-state index contributed by atoms with van der Waals surface area (Å²) in [5.41, 5.74) is 2.46. The van der Waals surface area contributed by atoms with E-state index < -0.39 is 11.6 Å². The first-order valence-corrected chi connectivity index (χ1v) is 13.2. The Morgan fingerprint density at radius 3 is 2.14 bits per heavy atom. The fourth-order valence-electron chi connectivity index (χ4n) is 6.11. The van der Waals surface area contributed by atoms with Crippen LogP contribution in [-0.2, 0) is 4.74 Å². The summed E-state index contributed by atoms with van der Waals surface area (Å²) < 4.78 is 49.4. The van der Waals surface area contributed by atoms with Gasteiger partial charge in [-0.1, -0.05) is 36.4 Å². The van der Waals surface area contributed by atoms with Crippen molar-refractivity contribution in [3.05, 3.63) is 76.1 Å². The molecule has 0 spiro atoms. The van der Waals surface area contributed by atoms with E-state index in [1.807, 2.05) is 18.2 Å². The number of epoxide rings is 1. The average Bonchev–Trinajstić information content (AvgIpc) is 3.71. The lowest BCUT2D eigenvalue weighted by Crippen LogP contribution is -2.23. The van der Waals surface area contributed by atoms with E-state index in [0.29, 0.717) is 35.1 Å². The zero-order valence-electron chi connectivity index (χ0n) is 20.4. The van der Waals surface area contributed by atoms with Crippen LogP contribution in [0.1, 0.15) is 98.5 Å². The third-order valence-electron chi connectivity index (χ3n) is 8.53. The number of halogens is 3. The Kier molecular flexibility index (Phi) is 7.36. The standard InChI is InChI=1S/C30H35F3O2/c1-18(34)20-8-10-22(11-9-20)25-14-12-23(29(32)30(25)33)7-4-19-2-5-21(6-3-19)24-13-15-26(27(31)16-24)28-17-35-28/h4,7,12-16,18-22,28,34H,2-3,5-6,8-11,17H2,1H3/b7-4+. The normalized spacial score (nSPS) is 29.9. The summed E-state index contributed by atoms with van der Waals surface area (Å²) in [6.07, 6.45) is 10.4. The van der Waals surface area contributed by atoms with Crippen molar-refractivity contribution in [1.29, 1.82) is 0 Å². The summed E-state index contributed by atoms with van der Waals surface area (Å²) in [6.45, 7) is 2.41. The zero-order valence-corrected chi connectivity index (χ0v) is 20.4. The second kappa shape index (κ2) is 10.5. The highest BCUT2D eigenvalue weighted by molar-refractivity contribution is 5.52. The van der Waals surface area contributed by atoms with E-state index in [0.717, 1.165) is 56.9 Å². The summed E-state index contributed by atoms with van der Waals surface area (Å²) >= 11 is 0. The maximum atomic E-state index is 14.9. The molecule has 0 aromatic heterocycles. The van der Waals surface area contributed by atoms with Gasteiger partial charge in [-0.2, -0.15) is 0 Å². The molecule has 3 aliphatic rings. The quantitative estimate of drug-likeness (QED) is 0.424. The number of ether oxygens (including phenoxy) is 1. The van der Waals surface area contributed by atoms with Gasteiger partial charge in [0, 0.05) is 11.1 Å². The van der Waals surface area contributed by atoms with E-state index in [-0.39, 0.29) is 29.9 Å². The van der Waals surface area contributed by atoms with Crippen LogP contribution in [0.25, 0.3) is 6.08 Å². The molecule has 2 atom stereocenters. The van der Waals surface area contributed by atoms with Crippen LogP contribution in [-0.4, -0.2) is 17.8 Å². The smallest absolute Gasteiger partial charge is 0.166 e. The molecule has 2 aliphatic carbocycles. The van der Waals surface area contributed by atoms with Crippen molar-refractivity contribution in [1.82, 2.24) is 0 Å². The summed E-state index contributed by atoms with van der Waals surface area (Å²) in [4.78, 5) is 0. The lowest BCUT2D eigenvalue weighted by Gasteiger charge is -2.30. The molecule has 1 saturated heterocycles. The van der Waals surface area contributed by atoms with Gasteiger partial charge in [0.25, 0.3) is 0 Å². The van der Waals surface area contributed by atoms with Crippen LogP contribution in [0.3, 0.4) is 0 Å². The minimum Gasteiger partial charge on any atom is -0.393 e. The second-order valence-electron chi connectivity index (χ2n) is 10.8. The van der Waals surface area contributed by atoms with Crippen LogP contribution in [0.2, 0.25) is 0 Å². The Balaban J connectivity index is 1.18. The molecular weight excluding hydrogens is 449 g/mol. The first kappa shape index (κ1) is 24.6. The third kappa shape index (κ3) is 5.51. The SMILES string of the molecule is CC(O)C1CCC(c2ccc(/C=C/C3CCC(c4ccc(C5CO5)c(F)c4)CC3)c(F)c2F)CC1. The van der Waals surface area contributed by atoms with Crippen LogP contribution in [0.4, 0.5) is 13.2 Å². The minimum absolute atomic E-state index is 0.0171. The fourth-order valence-corrected chi connectivity index (χ4v) is 6.11. The Hall–Kier alpha value is -2.11. The molecule has 35 heavy (non-hydrogen) atoms. The molecule has 0 bridgehead atoms. The lowest BCUT2D eigenvalue weighted by atomic mass is 9.76. The number of hydrogen-bond acceptors (Lipinski definition) is 2. The van der Waals surface area contributed by atoms with E-state index in [1.165, 1.54) is 0 Å². The topological polar surface area (TPSA) is 32.8 Å². The molecule has 2 aromatic carbocycles. The van der Waals surface area contributed by atoms with Crippen molar-refractivity contribution >= 4 is 6.08 Å². The van der Waals surface area contributed by atoms with Gasteiger partial charge in [0.1, 0.15) is 11.9 Å². The monoisotopic (exact) mass is 484 g/mol. The number of allylic oxidation sites excluding steroid dienone is 1. The molecule has 1 heterocycles. The Labute approximate surface area is 206 Å². The minimum atomic E-state index is -0.764. The fraction of sp³-hybridized carbons (Fsp3) is 0.533. The van der Waals surface area contributed by atoms with Gasteiger partial charge in [-0.3, -0.25) is 0 Å². The van der Waals surface area contributed by atoms with E-state index in [9.17, 15) is 18.3 Å². The van der Waals surface area contributed by atoms with Crippen LogP contribution < -0.4 is 0 Å². The summed E-state index contributed by atoms with van der Waals surface area (Å²) in [5.74, 6) is -0.743. The predicted octanol–water partition coefficient (Wildman–Crippen LogP) is 7.82. The first-order chi connectivity index (χ1) is 16.9. The predicted molar refractivity (Wildman–Crippen MR) is 132 cm³/mol. The van der Waals surface area contributed by atoms with E-state index in [1.54, 1.807) is 31.2 Å². The highest BCUT2D eigenvalue weighted by Gasteiger charge is 2.30.